The minimum absolute atomic E-state index is 0.440. The molecule has 124 valence electrons. The molecule has 0 N–H and O–H groups in total. The summed E-state index contributed by atoms with van der Waals surface area (Å²) in [6.45, 7) is 11.8. The van der Waals surface area contributed by atoms with Gasteiger partial charge in [-0.1, -0.05) is 40.7 Å². The first kappa shape index (κ1) is 20.2. The van der Waals surface area contributed by atoms with Crippen molar-refractivity contribution in [1.29, 1.82) is 0 Å². The largest absolute Gasteiger partial charge is 0.416 e. The van der Waals surface area contributed by atoms with Crippen molar-refractivity contribution < 1.29 is 13.2 Å². The van der Waals surface area contributed by atoms with Gasteiger partial charge in [0.1, 0.15) is 0 Å². The maximum absolute atomic E-state index is 12.6. The van der Waals surface area contributed by atoms with Crippen LogP contribution in [0.4, 0.5) is 13.2 Å². The van der Waals surface area contributed by atoms with E-state index in [9.17, 15) is 13.2 Å². The van der Waals surface area contributed by atoms with Gasteiger partial charge in [-0.15, -0.1) is 0 Å². The fraction of sp³-hybridized carbons (Fsp3) is 0.471. The topological polar surface area (TPSA) is 17.8 Å². The number of alkyl halides is 3. The Bertz CT molecular complexity index is 557. The van der Waals surface area contributed by atoms with Crippen molar-refractivity contribution in [2.75, 3.05) is 0 Å². The number of hydrogen-bond donors (Lipinski definition) is 0. The summed E-state index contributed by atoms with van der Waals surface area (Å²) in [5.41, 5.74) is 1.47. The molecular weight excluding hydrogens is 289 g/mol. The lowest BCUT2D eigenvalue weighted by molar-refractivity contribution is -0.137. The van der Waals surface area contributed by atoms with Crippen LogP contribution < -0.4 is 0 Å². The average Bonchev–Trinajstić information content (AvgIpc) is 2.92. The molecule has 0 aliphatic rings. The van der Waals surface area contributed by atoms with Crippen LogP contribution in [0.15, 0.2) is 30.3 Å². The Morgan fingerprint density at radius 3 is 2.14 bits per heavy atom. The second kappa shape index (κ2) is 9.28. The molecule has 22 heavy (non-hydrogen) atoms. The summed E-state index contributed by atoms with van der Waals surface area (Å²) in [4.78, 5) is 0. The summed E-state index contributed by atoms with van der Waals surface area (Å²) in [7, 11) is 0. The molecule has 0 atom stereocenters. The van der Waals surface area contributed by atoms with Gasteiger partial charge in [-0.2, -0.15) is 18.3 Å². The number of aryl methyl sites for hydroxylation is 2. The summed E-state index contributed by atoms with van der Waals surface area (Å²) < 4.78 is 39.5. The van der Waals surface area contributed by atoms with Gasteiger partial charge in [0, 0.05) is 5.69 Å². The lowest BCUT2D eigenvalue weighted by Crippen LogP contribution is -2.07. The highest BCUT2D eigenvalue weighted by Crippen LogP contribution is 2.30. The number of benzene rings is 1. The van der Waals surface area contributed by atoms with Gasteiger partial charge in [0.15, 0.2) is 0 Å². The molecule has 0 saturated carbocycles. The first-order valence-corrected chi connectivity index (χ1v) is 7.65. The number of nitrogens with zero attached hydrogens (tertiary/aromatic N) is 2. The zero-order valence-corrected chi connectivity index (χ0v) is 14.1. The normalized spacial score (nSPS) is 10.2. The molecule has 1 heterocycles. The van der Waals surface area contributed by atoms with Gasteiger partial charge in [-0.3, -0.25) is 0 Å². The first-order chi connectivity index (χ1) is 10.4. The fourth-order valence-electron chi connectivity index (χ4n) is 1.84. The first-order valence-electron chi connectivity index (χ1n) is 7.65. The Morgan fingerprint density at radius 2 is 1.64 bits per heavy atom. The van der Waals surface area contributed by atoms with E-state index >= 15 is 0 Å². The van der Waals surface area contributed by atoms with Gasteiger partial charge >= 0.3 is 6.18 Å². The minimum atomic E-state index is -4.33. The predicted octanol–water partition coefficient (Wildman–Crippen LogP) is 5.81. The zero-order valence-electron chi connectivity index (χ0n) is 14.1. The summed E-state index contributed by atoms with van der Waals surface area (Å²) in [5.74, 6) is 0. The second-order valence-electron chi connectivity index (χ2n) is 4.09. The Balaban J connectivity index is 0.00000102. The highest BCUT2D eigenvalue weighted by Gasteiger charge is 2.30. The van der Waals surface area contributed by atoms with E-state index in [1.54, 1.807) is 10.7 Å². The van der Waals surface area contributed by atoms with Crippen molar-refractivity contribution in [3.8, 4) is 5.69 Å². The van der Waals surface area contributed by atoms with Crippen molar-refractivity contribution in [2.45, 2.75) is 54.1 Å². The van der Waals surface area contributed by atoms with Crippen LogP contribution in [0.5, 0.6) is 0 Å². The Kier molecular flexibility index (Phi) is 8.53. The number of halogens is 3. The average molecular weight is 314 g/mol. The SMILES string of the molecule is CC.CC.CCc1cc(C)nn1-c1cccc(C(F)(F)F)c1. The molecule has 1 aromatic carbocycles. The van der Waals surface area contributed by atoms with Gasteiger partial charge < -0.3 is 0 Å². The predicted molar refractivity (Wildman–Crippen MR) is 85.4 cm³/mol. The van der Waals surface area contributed by atoms with Gasteiger partial charge in [0.05, 0.1) is 16.9 Å². The third-order valence-electron chi connectivity index (χ3n) is 2.69. The van der Waals surface area contributed by atoms with Crippen molar-refractivity contribution >= 4 is 0 Å². The smallest absolute Gasteiger partial charge is 0.238 e. The second-order valence-corrected chi connectivity index (χ2v) is 4.09. The maximum atomic E-state index is 12.6. The number of rotatable bonds is 2. The van der Waals surface area contributed by atoms with Gasteiger partial charge in [0.2, 0.25) is 0 Å². The maximum Gasteiger partial charge on any atom is 0.416 e. The van der Waals surface area contributed by atoms with Gasteiger partial charge in [-0.25, -0.2) is 4.68 Å². The molecule has 2 aromatic rings. The molecule has 0 bridgehead atoms. The monoisotopic (exact) mass is 314 g/mol. The van der Waals surface area contributed by atoms with E-state index in [1.807, 2.05) is 47.6 Å². The van der Waals surface area contributed by atoms with E-state index in [1.165, 1.54) is 6.07 Å². The molecule has 0 saturated heterocycles. The lowest BCUT2D eigenvalue weighted by Gasteiger charge is -2.10. The Hall–Kier alpha value is -1.78. The van der Waals surface area contributed by atoms with Crippen molar-refractivity contribution in [3.05, 3.63) is 47.3 Å². The van der Waals surface area contributed by atoms with Gasteiger partial charge in [-0.05, 0) is 37.6 Å². The van der Waals surface area contributed by atoms with Crippen molar-refractivity contribution in [3.63, 3.8) is 0 Å². The minimum Gasteiger partial charge on any atom is -0.238 e. The third kappa shape index (κ3) is 5.20. The molecule has 0 spiro atoms. The molecule has 2 rings (SSSR count). The van der Waals surface area contributed by atoms with Crippen LogP contribution in [-0.4, -0.2) is 9.78 Å². The van der Waals surface area contributed by atoms with Crippen molar-refractivity contribution in [1.82, 2.24) is 9.78 Å². The van der Waals surface area contributed by atoms with E-state index < -0.39 is 11.7 Å². The zero-order chi connectivity index (χ0) is 17.3. The van der Waals surface area contributed by atoms with Crippen LogP contribution in [-0.2, 0) is 12.6 Å². The summed E-state index contributed by atoms with van der Waals surface area (Å²) >= 11 is 0. The summed E-state index contributed by atoms with van der Waals surface area (Å²) in [6, 6.07) is 7.08. The van der Waals surface area contributed by atoms with Gasteiger partial charge in [0.25, 0.3) is 0 Å². The molecule has 0 amide bonds. The molecule has 5 heteroatoms. The summed E-state index contributed by atoms with van der Waals surface area (Å²) in [5, 5.41) is 4.22. The standard InChI is InChI=1S/C13H13F3N2.2C2H6/c1-3-11-7-9(2)17-18(11)12-6-4-5-10(8-12)13(14,15)16;2*1-2/h4-8H,3H2,1-2H3;2*1-2H3. The number of hydrogen-bond acceptors (Lipinski definition) is 1. The molecule has 0 aliphatic carbocycles. The van der Waals surface area contributed by atoms with Crippen LogP contribution in [0.3, 0.4) is 0 Å². The molecule has 0 radical (unpaired) electrons. The molecule has 0 fully saturated rings. The highest BCUT2D eigenvalue weighted by atomic mass is 19.4. The van der Waals surface area contributed by atoms with Crippen LogP contribution in [0, 0.1) is 6.92 Å². The van der Waals surface area contributed by atoms with Crippen LogP contribution in [0.1, 0.15) is 51.6 Å². The lowest BCUT2D eigenvalue weighted by atomic mass is 10.2. The molecule has 0 unspecified atom stereocenters. The van der Waals surface area contributed by atoms with E-state index in [0.29, 0.717) is 5.69 Å². The van der Waals surface area contributed by atoms with E-state index in [0.717, 1.165) is 29.9 Å². The molecule has 2 nitrogen and oxygen atoms in total. The summed E-state index contributed by atoms with van der Waals surface area (Å²) in [6.07, 6.45) is -3.61. The quantitative estimate of drug-likeness (QED) is 0.683. The van der Waals surface area contributed by atoms with E-state index in [2.05, 4.69) is 5.10 Å². The Morgan fingerprint density at radius 1 is 1.05 bits per heavy atom. The fourth-order valence-corrected chi connectivity index (χ4v) is 1.84. The third-order valence-corrected chi connectivity index (χ3v) is 2.69. The van der Waals surface area contributed by atoms with E-state index in [-0.39, 0.29) is 0 Å². The van der Waals surface area contributed by atoms with Crippen LogP contribution in [0.2, 0.25) is 0 Å². The molecule has 0 aliphatic heterocycles. The molecule has 1 aromatic heterocycles. The van der Waals surface area contributed by atoms with Crippen LogP contribution >= 0.6 is 0 Å². The van der Waals surface area contributed by atoms with Crippen LogP contribution in [0.25, 0.3) is 5.69 Å². The van der Waals surface area contributed by atoms with Crippen molar-refractivity contribution in [2.24, 2.45) is 0 Å². The highest BCUT2D eigenvalue weighted by molar-refractivity contribution is 5.38. The Labute approximate surface area is 131 Å². The number of aromatic nitrogens is 2. The van der Waals surface area contributed by atoms with E-state index in [4.69, 9.17) is 0 Å². The molecular formula is C17H25F3N2.